The number of hydrogen-bond acceptors (Lipinski definition) is 4. The van der Waals surface area contributed by atoms with Crippen molar-refractivity contribution < 1.29 is 0 Å². The normalized spacial score (nSPS) is 12.5. The molecule has 2 aromatic rings. The molecule has 1 heterocycles. The Bertz CT molecular complexity index is 577. The first-order chi connectivity index (χ1) is 9.00. The number of nitrogens with zero attached hydrogens (tertiary/aromatic N) is 3. The van der Waals surface area contributed by atoms with Crippen molar-refractivity contribution in [2.75, 3.05) is 12.4 Å². The van der Waals surface area contributed by atoms with Gasteiger partial charge in [0.1, 0.15) is 5.84 Å². The first-order valence-corrected chi connectivity index (χ1v) is 7.11. The van der Waals surface area contributed by atoms with Crippen LogP contribution in [-0.4, -0.2) is 22.2 Å². The van der Waals surface area contributed by atoms with E-state index in [4.69, 9.17) is 34.8 Å². The average Bonchev–Trinajstić information content (AvgIpc) is 2.85. The molecule has 0 aliphatic heterocycles. The fourth-order valence-electron chi connectivity index (χ4n) is 1.34. The third-order valence-corrected chi connectivity index (χ3v) is 3.31. The molecule has 0 bridgehead atoms. The van der Waals surface area contributed by atoms with Gasteiger partial charge in [-0.15, -0.1) is 0 Å². The van der Waals surface area contributed by atoms with Crippen molar-refractivity contribution in [3.05, 3.63) is 41.7 Å². The Morgan fingerprint density at radius 3 is 2.47 bits per heavy atom. The highest BCUT2D eigenvalue weighted by molar-refractivity contribution is 7.10. The highest BCUT2D eigenvalue weighted by Crippen LogP contribution is 2.37. The van der Waals surface area contributed by atoms with Crippen LogP contribution < -0.4 is 5.32 Å². The van der Waals surface area contributed by atoms with Gasteiger partial charge in [0.25, 0.3) is 3.79 Å². The van der Waals surface area contributed by atoms with Crippen LogP contribution in [0.25, 0.3) is 0 Å². The second-order valence-electron chi connectivity index (χ2n) is 3.48. The van der Waals surface area contributed by atoms with E-state index in [-0.39, 0.29) is 5.82 Å². The van der Waals surface area contributed by atoms with E-state index < -0.39 is 3.79 Å². The maximum Gasteiger partial charge on any atom is 0.251 e. The fourth-order valence-corrected chi connectivity index (χ4v) is 2.37. The molecule has 0 atom stereocenters. The Hall–Kier alpha value is -0.880. The average molecular weight is 336 g/mol. The molecule has 1 aromatic carbocycles. The number of hydrogen-bond donors (Lipinski definition) is 1. The number of aromatic nitrogens is 2. The summed E-state index contributed by atoms with van der Waals surface area (Å²) in [5, 5.41) is 3.58. The summed E-state index contributed by atoms with van der Waals surface area (Å²) in [6, 6.07) is 9.66. The van der Waals surface area contributed by atoms with E-state index in [1.807, 2.05) is 30.3 Å². The molecule has 4 nitrogen and oxygen atoms in total. The van der Waals surface area contributed by atoms with Gasteiger partial charge >= 0.3 is 0 Å². The molecular formula is C11H9Cl3N4S. The molecular weight excluding hydrogens is 327 g/mol. The Morgan fingerprint density at radius 1 is 1.26 bits per heavy atom. The molecule has 1 aromatic heterocycles. The molecule has 0 amide bonds. The van der Waals surface area contributed by atoms with Crippen LogP contribution in [0.5, 0.6) is 0 Å². The predicted molar refractivity (Wildman–Crippen MR) is 81.7 cm³/mol. The number of nitrogens with one attached hydrogen (secondary N) is 1. The number of benzene rings is 1. The summed E-state index contributed by atoms with van der Waals surface area (Å²) in [5.74, 6) is 0.820. The predicted octanol–water partition coefficient (Wildman–Crippen LogP) is 3.85. The van der Waals surface area contributed by atoms with Gasteiger partial charge in [-0.05, 0) is 0 Å². The molecule has 2 rings (SSSR count). The van der Waals surface area contributed by atoms with Gasteiger partial charge in [0.2, 0.25) is 5.13 Å². The van der Waals surface area contributed by atoms with Gasteiger partial charge in [0.15, 0.2) is 5.82 Å². The molecule has 1 N–H and O–H groups in total. The van der Waals surface area contributed by atoms with E-state index in [0.29, 0.717) is 11.0 Å². The van der Waals surface area contributed by atoms with Crippen LogP contribution in [0.1, 0.15) is 11.4 Å². The summed E-state index contributed by atoms with van der Waals surface area (Å²) < 4.78 is 2.37. The molecule has 0 saturated heterocycles. The number of aliphatic imine (C=N–C) groups is 1. The third-order valence-electron chi connectivity index (χ3n) is 2.18. The second kappa shape index (κ2) is 6.05. The Morgan fingerprint density at radius 2 is 1.95 bits per heavy atom. The molecule has 100 valence electrons. The van der Waals surface area contributed by atoms with Crippen molar-refractivity contribution >= 4 is 57.3 Å². The van der Waals surface area contributed by atoms with Crippen LogP contribution in [0.4, 0.5) is 5.13 Å². The quantitative estimate of drug-likeness (QED) is 0.515. The molecule has 19 heavy (non-hydrogen) atoms. The van der Waals surface area contributed by atoms with E-state index in [2.05, 4.69) is 19.7 Å². The molecule has 8 heteroatoms. The summed E-state index contributed by atoms with van der Waals surface area (Å²) >= 11 is 18.2. The zero-order chi connectivity index (χ0) is 13.9. The van der Waals surface area contributed by atoms with Crippen LogP contribution in [0.3, 0.4) is 0 Å². The number of anilines is 1. The van der Waals surface area contributed by atoms with E-state index in [0.717, 1.165) is 17.1 Å². The lowest BCUT2D eigenvalue weighted by Crippen LogP contribution is -2.13. The number of rotatable bonds is 2. The van der Waals surface area contributed by atoms with Gasteiger partial charge in [-0.2, -0.15) is 9.36 Å². The molecule has 0 aliphatic rings. The molecule has 0 saturated carbocycles. The Labute approximate surface area is 129 Å². The lowest BCUT2D eigenvalue weighted by atomic mass is 10.2. The van der Waals surface area contributed by atoms with Crippen molar-refractivity contribution in [1.29, 1.82) is 0 Å². The Balaban J connectivity index is 2.19. The summed E-state index contributed by atoms with van der Waals surface area (Å²) in [7, 11) is 1.69. The first-order valence-electron chi connectivity index (χ1n) is 5.21. The standard InChI is InChI=1S/C11H9Cl3N4S/c1-15-8(7-5-3-2-4-6-7)16-10-17-9(18-19-10)11(12,13)14/h2-6H,1H3,(H,15,16,17,18). The van der Waals surface area contributed by atoms with Gasteiger partial charge < -0.3 is 5.32 Å². The minimum atomic E-state index is -1.62. The first kappa shape index (κ1) is 14.5. The molecule has 0 unspecified atom stereocenters. The Kier molecular flexibility index (Phi) is 4.62. The van der Waals surface area contributed by atoms with Crippen molar-refractivity contribution in [2.45, 2.75) is 3.79 Å². The van der Waals surface area contributed by atoms with E-state index >= 15 is 0 Å². The third kappa shape index (κ3) is 3.79. The summed E-state index contributed by atoms with van der Waals surface area (Å²) in [4.78, 5) is 8.28. The molecule has 0 fully saturated rings. The van der Waals surface area contributed by atoms with Crippen molar-refractivity contribution in [3.8, 4) is 0 Å². The number of halogens is 3. The van der Waals surface area contributed by atoms with E-state index in [1.54, 1.807) is 7.05 Å². The minimum Gasteiger partial charge on any atom is -0.315 e. The zero-order valence-electron chi connectivity index (χ0n) is 9.77. The SMILES string of the molecule is CN=C(Nc1nc(C(Cl)(Cl)Cl)ns1)c1ccccc1. The lowest BCUT2D eigenvalue weighted by Gasteiger charge is -2.06. The minimum absolute atomic E-state index is 0.147. The van der Waals surface area contributed by atoms with Gasteiger partial charge in [0.05, 0.1) is 0 Å². The van der Waals surface area contributed by atoms with Gasteiger partial charge in [0, 0.05) is 24.1 Å². The van der Waals surface area contributed by atoms with Crippen molar-refractivity contribution in [1.82, 2.24) is 9.36 Å². The van der Waals surface area contributed by atoms with Gasteiger partial charge in [-0.25, -0.2) is 0 Å². The monoisotopic (exact) mass is 334 g/mol. The lowest BCUT2D eigenvalue weighted by molar-refractivity contribution is 1.05. The van der Waals surface area contributed by atoms with Crippen LogP contribution >= 0.6 is 46.3 Å². The zero-order valence-corrected chi connectivity index (χ0v) is 12.9. The van der Waals surface area contributed by atoms with Gasteiger partial charge in [-0.1, -0.05) is 65.1 Å². The maximum atomic E-state index is 5.71. The van der Waals surface area contributed by atoms with Crippen LogP contribution in [0.2, 0.25) is 0 Å². The molecule has 0 radical (unpaired) electrons. The topological polar surface area (TPSA) is 50.2 Å². The van der Waals surface area contributed by atoms with Crippen LogP contribution in [0.15, 0.2) is 35.3 Å². The fraction of sp³-hybridized carbons (Fsp3) is 0.182. The van der Waals surface area contributed by atoms with Gasteiger partial charge in [-0.3, -0.25) is 4.99 Å². The molecule has 0 spiro atoms. The van der Waals surface area contributed by atoms with E-state index in [9.17, 15) is 0 Å². The summed E-state index contributed by atoms with van der Waals surface area (Å²) in [5.41, 5.74) is 0.940. The number of alkyl halides is 3. The second-order valence-corrected chi connectivity index (χ2v) is 6.52. The van der Waals surface area contributed by atoms with Crippen molar-refractivity contribution in [3.63, 3.8) is 0 Å². The maximum absolute atomic E-state index is 5.71. The summed E-state index contributed by atoms with van der Waals surface area (Å²) in [6.45, 7) is 0. The van der Waals surface area contributed by atoms with Crippen LogP contribution in [0, 0.1) is 0 Å². The largest absolute Gasteiger partial charge is 0.315 e. The number of amidine groups is 1. The van der Waals surface area contributed by atoms with Crippen molar-refractivity contribution in [2.24, 2.45) is 4.99 Å². The molecule has 0 aliphatic carbocycles. The highest BCUT2D eigenvalue weighted by atomic mass is 35.6. The highest BCUT2D eigenvalue weighted by Gasteiger charge is 2.28. The summed E-state index contributed by atoms with van der Waals surface area (Å²) in [6.07, 6.45) is 0. The van der Waals surface area contributed by atoms with E-state index in [1.165, 1.54) is 0 Å². The smallest absolute Gasteiger partial charge is 0.251 e. The van der Waals surface area contributed by atoms with Crippen LogP contribution in [-0.2, 0) is 3.79 Å².